The summed E-state index contributed by atoms with van der Waals surface area (Å²) in [4.78, 5) is 7.07. The maximum Gasteiger partial charge on any atom is 0.0603 e. The lowest BCUT2D eigenvalue weighted by Gasteiger charge is -2.37. The minimum atomic E-state index is 0.669. The number of nitrogens with zero attached hydrogens (tertiary/aromatic N) is 3. The summed E-state index contributed by atoms with van der Waals surface area (Å²) in [6.45, 7) is 2.41. The number of rotatable bonds is 3. The fourth-order valence-electron chi connectivity index (χ4n) is 2.72. The fraction of sp³-hybridized carbons (Fsp3) is 0.600. The summed E-state index contributed by atoms with van der Waals surface area (Å²) in [7, 11) is 8.67. The summed E-state index contributed by atoms with van der Waals surface area (Å²) in [5.74, 6) is 0. The molecule has 0 saturated carbocycles. The van der Waals surface area contributed by atoms with Gasteiger partial charge in [-0.1, -0.05) is 12.1 Å². The van der Waals surface area contributed by atoms with Gasteiger partial charge in [-0.05, 0) is 45.1 Å². The van der Waals surface area contributed by atoms with Gasteiger partial charge in [-0.3, -0.25) is 0 Å². The van der Waals surface area contributed by atoms with Crippen LogP contribution in [0.25, 0.3) is 0 Å². The highest BCUT2D eigenvalue weighted by Crippen LogP contribution is 2.30. The monoisotopic (exact) mass is 247 g/mol. The van der Waals surface area contributed by atoms with Crippen molar-refractivity contribution in [2.75, 3.05) is 51.1 Å². The van der Waals surface area contributed by atoms with Crippen LogP contribution in [0, 0.1) is 0 Å². The van der Waals surface area contributed by atoms with Crippen LogP contribution in [0.2, 0.25) is 0 Å². The minimum absolute atomic E-state index is 0.669. The van der Waals surface area contributed by atoms with Gasteiger partial charge >= 0.3 is 0 Å². The van der Waals surface area contributed by atoms with Crippen LogP contribution in [0.1, 0.15) is 12.8 Å². The molecule has 0 bridgehead atoms. The summed E-state index contributed by atoms with van der Waals surface area (Å²) in [6, 6.07) is 9.34. The molecular weight excluding hydrogens is 222 g/mol. The number of piperidine rings is 1. The number of hydrogen-bond donors (Lipinski definition) is 0. The van der Waals surface area contributed by atoms with E-state index in [0.29, 0.717) is 6.04 Å². The van der Waals surface area contributed by atoms with Gasteiger partial charge in [-0.2, -0.15) is 0 Å². The summed E-state index contributed by atoms with van der Waals surface area (Å²) in [5, 5.41) is 0. The van der Waals surface area contributed by atoms with E-state index in [1.165, 1.54) is 37.3 Å². The number of anilines is 2. The molecule has 3 heteroatoms. The van der Waals surface area contributed by atoms with Crippen molar-refractivity contribution in [3.63, 3.8) is 0 Å². The normalized spacial score (nSPS) is 17.8. The third-order valence-corrected chi connectivity index (χ3v) is 3.98. The molecule has 3 nitrogen and oxygen atoms in total. The van der Waals surface area contributed by atoms with E-state index in [0.717, 1.165) is 0 Å². The first-order valence-corrected chi connectivity index (χ1v) is 6.77. The van der Waals surface area contributed by atoms with Crippen molar-refractivity contribution in [2.45, 2.75) is 18.9 Å². The van der Waals surface area contributed by atoms with Crippen molar-refractivity contribution in [1.82, 2.24) is 4.90 Å². The maximum atomic E-state index is 2.46. The zero-order valence-corrected chi connectivity index (χ0v) is 12.1. The first-order valence-electron chi connectivity index (χ1n) is 6.77. The Morgan fingerprint density at radius 3 is 2.11 bits per heavy atom. The highest BCUT2D eigenvalue weighted by atomic mass is 15.2. The smallest absolute Gasteiger partial charge is 0.0603 e. The van der Waals surface area contributed by atoms with Crippen molar-refractivity contribution < 1.29 is 0 Å². The summed E-state index contributed by atoms with van der Waals surface area (Å²) < 4.78 is 0. The third kappa shape index (κ3) is 2.78. The van der Waals surface area contributed by atoms with E-state index >= 15 is 0 Å². The molecule has 1 heterocycles. The number of para-hydroxylation sites is 2. The first-order chi connectivity index (χ1) is 8.59. The molecule has 1 aromatic rings. The molecule has 0 aliphatic carbocycles. The van der Waals surface area contributed by atoms with Crippen LogP contribution in [0.15, 0.2) is 24.3 Å². The van der Waals surface area contributed by atoms with E-state index in [4.69, 9.17) is 0 Å². The van der Waals surface area contributed by atoms with Gasteiger partial charge in [0.05, 0.1) is 11.4 Å². The molecular formula is C15H25N3. The number of benzene rings is 1. The standard InChI is InChI=1S/C15H25N3/c1-16(2)14-7-5-6-8-15(14)18(4)13-9-11-17(3)12-10-13/h5-8,13H,9-12H2,1-4H3. The van der Waals surface area contributed by atoms with Crippen molar-refractivity contribution >= 4 is 11.4 Å². The van der Waals surface area contributed by atoms with Crippen LogP contribution in [0.5, 0.6) is 0 Å². The Bertz CT molecular complexity index is 381. The zero-order chi connectivity index (χ0) is 13.1. The van der Waals surface area contributed by atoms with Crippen molar-refractivity contribution in [3.05, 3.63) is 24.3 Å². The average molecular weight is 247 g/mol. The quantitative estimate of drug-likeness (QED) is 0.811. The van der Waals surface area contributed by atoms with Gasteiger partial charge in [-0.25, -0.2) is 0 Å². The van der Waals surface area contributed by atoms with Gasteiger partial charge in [-0.15, -0.1) is 0 Å². The highest BCUT2D eigenvalue weighted by molar-refractivity contribution is 5.70. The Balaban J connectivity index is 2.15. The van der Waals surface area contributed by atoms with E-state index < -0.39 is 0 Å². The zero-order valence-electron chi connectivity index (χ0n) is 12.1. The van der Waals surface area contributed by atoms with E-state index in [1.807, 2.05) is 0 Å². The molecule has 18 heavy (non-hydrogen) atoms. The Labute approximate surface area is 111 Å². The second-order valence-corrected chi connectivity index (χ2v) is 5.53. The van der Waals surface area contributed by atoms with Crippen LogP contribution < -0.4 is 9.80 Å². The number of hydrogen-bond acceptors (Lipinski definition) is 3. The minimum Gasteiger partial charge on any atom is -0.376 e. The van der Waals surface area contributed by atoms with Gasteiger partial charge in [0.25, 0.3) is 0 Å². The Morgan fingerprint density at radius 1 is 1.00 bits per heavy atom. The lowest BCUT2D eigenvalue weighted by atomic mass is 10.0. The van der Waals surface area contributed by atoms with Gasteiger partial charge in [0.1, 0.15) is 0 Å². The molecule has 2 rings (SSSR count). The lowest BCUT2D eigenvalue weighted by molar-refractivity contribution is 0.253. The predicted molar refractivity (Wildman–Crippen MR) is 79.7 cm³/mol. The highest BCUT2D eigenvalue weighted by Gasteiger charge is 2.22. The van der Waals surface area contributed by atoms with E-state index in [1.54, 1.807) is 0 Å². The van der Waals surface area contributed by atoms with Crippen LogP contribution in [0.4, 0.5) is 11.4 Å². The second-order valence-electron chi connectivity index (χ2n) is 5.53. The molecule has 0 atom stereocenters. The van der Waals surface area contributed by atoms with Crippen molar-refractivity contribution in [1.29, 1.82) is 0 Å². The molecule has 0 aromatic heterocycles. The molecule has 0 spiro atoms. The van der Waals surface area contributed by atoms with Gasteiger partial charge in [0, 0.05) is 27.2 Å². The van der Waals surface area contributed by atoms with Gasteiger partial charge in [0.15, 0.2) is 0 Å². The lowest BCUT2D eigenvalue weighted by Crippen LogP contribution is -2.42. The molecule has 1 saturated heterocycles. The summed E-state index contributed by atoms with van der Waals surface area (Å²) >= 11 is 0. The van der Waals surface area contributed by atoms with E-state index in [9.17, 15) is 0 Å². The Kier molecular flexibility index (Phi) is 4.12. The van der Waals surface area contributed by atoms with E-state index in [2.05, 4.69) is 67.2 Å². The molecule has 0 radical (unpaired) electrons. The Morgan fingerprint density at radius 2 is 1.56 bits per heavy atom. The molecule has 1 aliphatic heterocycles. The molecule has 1 aromatic carbocycles. The first kappa shape index (κ1) is 13.2. The summed E-state index contributed by atoms with van der Waals surface area (Å²) in [6.07, 6.45) is 2.52. The summed E-state index contributed by atoms with van der Waals surface area (Å²) in [5.41, 5.74) is 2.65. The van der Waals surface area contributed by atoms with Crippen molar-refractivity contribution in [2.24, 2.45) is 0 Å². The van der Waals surface area contributed by atoms with Gasteiger partial charge in [0.2, 0.25) is 0 Å². The predicted octanol–water partition coefficient (Wildman–Crippen LogP) is 2.28. The average Bonchev–Trinajstić information content (AvgIpc) is 2.39. The van der Waals surface area contributed by atoms with Crippen LogP contribution >= 0.6 is 0 Å². The van der Waals surface area contributed by atoms with Gasteiger partial charge < -0.3 is 14.7 Å². The maximum absolute atomic E-state index is 2.46. The molecule has 1 fully saturated rings. The third-order valence-electron chi connectivity index (χ3n) is 3.98. The van der Waals surface area contributed by atoms with E-state index in [-0.39, 0.29) is 0 Å². The molecule has 0 unspecified atom stereocenters. The number of likely N-dealkylation sites (tertiary alicyclic amines) is 1. The van der Waals surface area contributed by atoms with Crippen LogP contribution in [-0.2, 0) is 0 Å². The fourth-order valence-corrected chi connectivity index (χ4v) is 2.72. The molecule has 0 N–H and O–H groups in total. The largest absolute Gasteiger partial charge is 0.376 e. The van der Waals surface area contributed by atoms with Crippen molar-refractivity contribution in [3.8, 4) is 0 Å². The molecule has 0 amide bonds. The second kappa shape index (κ2) is 5.61. The van der Waals surface area contributed by atoms with Crippen LogP contribution in [0.3, 0.4) is 0 Å². The SMILES string of the molecule is CN1CCC(N(C)c2ccccc2N(C)C)CC1. The Hall–Kier alpha value is -1.22. The molecule has 100 valence electrons. The van der Waals surface area contributed by atoms with Crippen LogP contribution in [-0.4, -0.2) is 52.2 Å². The molecule has 1 aliphatic rings. The topological polar surface area (TPSA) is 9.72 Å².